The molecule has 90 valence electrons. The van der Waals surface area contributed by atoms with Gasteiger partial charge in [0.25, 0.3) is 0 Å². The van der Waals surface area contributed by atoms with Crippen LogP contribution >= 0.6 is 11.3 Å². The average Bonchev–Trinajstić information content (AvgIpc) is 3.09. The standard InChI is InChI=1S/C12H16N4S/c1-2-16-7-9(6-14-16)11-8-17-12(15-11)10-4-3-5-13-10/h6-8,10,13H,2-5H2,1H3. The molecule has 1 atom stereocenters. The molecule has 3 heterocycles. The van der Waals surface area contributed by atoms with Gasteiger partial charge in [0.2, 0.25) is 0 Å². The summed E-state index contributed by atoms with van der Waals surface area (Å²) in [7, 11) is 0. The second-order valence-electron chi connectivity index (χ2n) is 4.30. The first-order valence-corrected chi connectivity index (χ1v) is 6.96. The Labute approximate surface area is 105 Å². The molecular formula is C12H16N4S. The number of nitrogens with one attached hydrogen (secondary N) is 1. The molecule has 17 heavy (non-hydrogen) atoms. The highest BCUT2D eigenvalue weighted by Gasteiger charge is 2.19. The second kappa shape index (κ2) is 4.58. The fraction of sp³-hybridized carbons (Fsp3) is 0.500. The molecule has 2 aromatic rings. The van der Waals surface area contributed by atoms with Crippen LogP contribution in [0.25, 0.3) is 11.3 Å². The minimum Gasteiger partial charge on any atom is -0.308 e. The van der Waals surface area contributed by atoms with E-state index < -0.39 is 0 Å². The summed E-state index contributed by atoms with van der Waals surface area (Å²) in [5.41, 5.74) is 2.17. The lowest BCUT2D eigenvalue weighted by molar-refractivity contribution is 0.643. The maximum atomic E-state index is 4.71. The van der Waals surface area contributed by atoms with E-state index in [-0.39, 0.29) is 0 Å². The third-order valence-corrected chi connectivity index (χ3v) is 4.09. The molecule has 1 N–H and O–H groups in total. The van der Waals surface area contributed by atoms with Gasteiger partial charge in [-0.25, -0.2) is 4.98 Å². The van der Waals surface area contributed by atoms with Crippen molar-refractivity contribution >= 4 is 11.3 Å². The first-order chi connectivity index (χ1) is 8.36. The molecule has 0 aromatic carbocycles. The molecule has 1 unspecified atom stereocenters. The Morgan fingerprint density at radius 3 is 3.24 bits per heavy atom. The van der Waals surface area contributed by atoms with Gasteiger partial charge in [-0.3, -0.25) is 4.68 Å². The second-order valence-corrected chi connectivity index (χ2v) is 5.19. The number of aromatic nitrogens is 3. The first-order valence-electron chi connectivity index (χ1n) is 6.08. The van der Waals surface area contributed by atoms with E-state index in [4.69, 9.17) is 4.98 Å². The van der Waals surface area contributed by atoms with Gasteiger partial charge in [0, 0.05) is 23.7 Å². The zero-order valence-electron chi connectivity index (χ0n) is 9.89. The lowest BCUT2D eigenvalue weighted by Crippen LogP contribution is -2.12. The number of thiazole rings is 1. The third-order valence-electron chi connectivity index (χ3n) is 3.13. The van der Waals surface area contributed by atoms with Crippen molar-refractivity contribution in [1.82, 2.24) is 20.1 Å². The quantitative estimate of drug-likeness (QED) is 0.907. The first kappa shape index (κ1) is 10.9. The van der Waals surface area contributed by atoms with Crippen LogP contribution in [0.15, 0.2) is 17.8 Å². The molecule has 0 saturated carbocycles. The van der Waals surface area contributed by atoms with Gasteiger partial charge in [0.1, 0.15) is 5.01 Å². The van der Waals surface area contributed by atoms with Crippen LogP contribution in [-0.2, 0) is 6.54 Å². The molecule has 0 spiro atoms. The van der Waals surface area contributed by atoms with Gasteiger partial charge in [-0.2, -0.15) is 5.10 Å². The predicted octanol–water partition coefficient (Wildman–Crippen LogP) is 2.45. The number of hydrogen-bond donors (Lipinski definition) is 1. The molecule has 4 nitrogen and oxygen atoms in total. The monoisotopic (exact) mass is 248 g/mol. The smallest absolute Gasteiger partial charge is 0.110 e. The van der Waals surface area contributed by atoms with Crippen molar-refractivity contribution in [2.45, 2.75) is 32.4 Å². The zero-order valence-corrected chi connectivity index (χ0v) is 10.7. The van der Waals surface area contributed by atoms with E-state index in [1.165, 1.54) is 17.8 Å². The third kappa shape index (κ3) is 2.12. The summed E-state index contributed by atoms with van der Waals surface area (Å²) in [6.07, 6.45) is 6.42. The Hall–Kier alpha value is -1.20. The Morgan fingerprint density at radius 1 is 1.59 bits per heavy atom. The van der Waals surface area contributed by atoms with Gasteiger partial charge in [0.15, 0.2) is 0 Å². The predicted molar refractivity (Wildman–Crippen MR) is 69.0 cm³/mol. The normalized spacial score (nSPS) is 19.9. The number of nitrogens with zero attached hydrogens (tertiary/aromatic N) is 3. The Balaban J connectivity index is 1.83. The molecule has 5 heteroatoms. The summed E-state index contributed by atoms with van der Waals surface area (Å²) < 4.78 is 1.93. The van der Waals surface area contributed by atoms with E-state index in [0.29, 0.717) is 6.04 Å². The highest BCUT2D eigenvalue weighted by Crippen LogP contribution is 2.29. The Morgan fingerprint density at radius 2 is 2.53 bits per heavy atom. The van der Waals surface area contributed by atoms with E-state index in [1.54, 1.807) is 11.3 Å². The molecule has 1 aliphatic rings. The van der Waals surface area contributed by atoms with Crippen molar-refractivity contribution in [3.63, 3.8) is 0 Å². The van der Waals surface area contributed by atoms with Crippen LogP contribution in [0.4, 0.5) is 0 Å². The SMILES string of the molecule is CCn1cc(-c2csc(C3CCCN3)n2)cn1. The number of aryl methyl sites for hydroxylation is 1. The Kier molecular flexibility index (Phi) is 2.94. The summed E-state index contributed by atoms with van der Waals surface area (Å²) >= 11 is 1.75. The van der Waals surface area contributed by atoms with Crippen molar-refractivity contribution in [1.29, 1.82) is 0 Å². The van der Waals surface area contributed by atoms with Crippen molar-refractivity contribution in [3.05, 3.63) is 22.8 Å². The maximum absolute atomic E-state index is 4.71. The van der Waals surface area contributed by atoms with Crippen molar-refractivity contribution in [2.24, 2.45) is 0 Å². The van der Waals surface area contributed by atoms with Gasteiger partial charge < -0.3 is 5.32 Å². The minimum atomic E-state index is 0.468. The molecule has 3 rings (SSSR count). The van der Waals surface area contributed by atoms with Crippen LogP contribution in [0, 0.1) is 0 Å². The van der Waals surface area contributed by atoms with E-state index in [2.05, 4.69) is 28.9 Å². The molecule has 1 aliphatic heterocycles. The van der Waals surface area contributed by atoms with Crippen molar-refractivity contribution in [3.8, 4) is 11.3 Å². The molecule has 0 radical (unpaired) electrons. The van der Waals surface area contributed by atoms with E-state index in [0.717, 1.165) is 24.3 Å². The molecular weight excluding hydrogens is 232 g/mol. The molecule has 1 saturated heterocycles. The highest BCUT2D eigenvalue weighted by atomic mass is 32.1. The van der Waals surface area contributed by atoms with Crippen LogP contribution in [-0.4, -0.2) is 21.3 Å². The van der Waals surface area contributed by atoms with Crippen LogP contribution in [0.3, 0.4) is 0 Å². The fourth-order valence-electron chi connectivity index (χ4n) is 2.14. The van der Waals surface area contributed by atoms with Crippen molar-refractivity contribution < 1.29 is 0 Å². The zero-order chi connectivity index (χ0) is 11.7. The lowest BCUT2D eigenvalue weighted by Gasteiger charge is -2.04. The molecule has 1 fully saturated rings. The van der Waals surface area contributed by atoms with Crippen molar-refractivity contribution in [2.75, 3.05) is 6.54 Å². The molecule has 0 amide bonds. The summed E-state index contributed by atoms with van der Waals surface area (Å²) in [6, 6.07) is 0.468. The van der Waals surface area contributed by atoms with E-state index in [1.807, 2.05) is 10.9 Å². The summed E-state index contributed by atoms with van der Waals surface area (Å²) in [5, 5.41) is 11.1. The topological polar surface area (TPSA) is 42.7 Å². The highest BCUT2D eigenvalue weighted by molar-refractivity contribution is 7.10. The molecule has 0 aliphatic carbocycles. The van der Waals surface area contributed by atoms with Crippen LogP contribution < -0.4 is 5.32 Å². The Bertz CT molecular complexity index is 496. The minimum absolute atomic E-state index is 0.468. The lowest BCUT2D eigenvalue weighted by atomic mass is 10.2. The molecule has 2 aromatic heterocycles. The summed E-state index contributed by atoms with van der Waals surface area (Å²) in [5.74, 6) is 0. The number of rotatable bonds is 3. The fourth-order valence-corrected chi connectivity index (χ4v) is 3.08. The van der Waals surface area contributed by atoms with E-state index >= 15 is 0 Å². The van der Waals surface area contributed by atoms with E-state index in [9.17, 15) is 0 Å². The summed E-state index contributed by atoms with van der Waals surface area (Å²) in [4.78, 5) is 4.71. The van der Waals surface area contributed by atoms with Gasteiger partial charge in [-0.1, -0.05) is 0 Å². The average molecular weight is 248 g/mol. The maximum Gasteiger partial charge on any atom is 0.110 e. The van der Waals surface area contributed by atoms with Crippen LogP contribution in [0.1, 0.15) is 30.8 Å². The van der Waals surface area contributed by atoms with Crippen LogP contribution in [0.5, 0.6) is 0 Å². The van der Waals surface area contributed by atoms with Crippen LogP contribution in [0.2, 0.25) is 0 Å². The summed E-state index contributed by atoms with van der Waals surface area (Å²) in [6.45, 7) is 4.11. The largest absolute Gasteiger partial charge is 0.308 e. The van der Waals surface area contributed by atoms with Gasteiger partial charge in [-0.15, -0.1) is 11.3 Å². The van der Waals surface area contributed by atoms with Gasteiger partial charge in [0.05, 0.1) is 17.9 Å². The number of hydrogen-bond acceptors (Lipinski definition) is 4. The molecule has 0 bridgehead atoms. The van der Waals surface area contributed by atoms with Gasteiger partial charge in [-0.05, 0) is 26.3 Å². The van der Waals surface area contributed by atoms with Gasteiger partial charge >= 0.3 is 0 Å².